The van der Waals surface area contributed by atoms with Gasteiger partial charge in [0.25, 0.3) is 0 Å². The highest BCUT2D eigenvalue weighted by Crippen LogP contribution is 2.22. The van der Waals surface area contributed by atoms with E-state index >= 15 is 0 Å². The Morgan fingerprint density at radius 1 is 1.50 bits per heavy atom. The summed E-state index contributed by atoms with van der Waals surface area (Å²) < 4.78 is 38.2. The third-order valence-corrected chi connectivity index (χ3v) is 5.67. The Bertz CT molecular complexity index is 560. The minimum atomic E-state index is -3.68. The van der Waals surface area contributed by atoms with Crippen LogP contribution in [-0.2, 0) is 20.8 Å². The molecule has 1 rings (SSSR count). The monoisotopic (exact) mass is 354 g/mol. The van der Waals surface area contributed by atoms with Crippen molar-refractivity contribution in [2.24, 2.45) is 0 Å². The zero-order valence-corrected chi connectivity index (χ0v) is 13.2. The van der Waals surface area contributed by atoms with Gasteiger partial charge < -0.3 is 5.73 Å². The van der Waals surface area contributed by atoms with Crippen LogP contribution in [0.2, 0.25) is 0 Å². The molecule has 0 saturated heterocycles. The van der Waals surface area contributed by atoms with E-state index in [1.54, 1.807) is 13.0 Å². The van der Waals surface area contributed by atoms with Crippen LogP contribution in [0, 0.1) is 0 Å². The quantitative estimate of drug-likeness (QED) is 0.774. The van der Waals surface area contributed by atoms with Crippen molar-refractivity contribution < 1.29 is 12.6 Å². The van der Waals surface area contributed by atoms with Crippen LogP contribution in [-0.4, -0.2) is 30.7 Å². The van der Waals surface area contributed by atoms with Crippen LogP contribution in [0.4, 0.5) is 5.69 Å². The number of sulfonamides is 1. The molecule has 2 unspecified atom stereocenters. The summed E-state index contributed by atoms with van der Waals surface area (Å²) in [6.45, 7) is 1.82. The Morgan fingerprint density at radius 2 is 2.11 bits per heavy atom. The predicted molar refractivity (Wildman–Crippen MR) is 77.3 cm³/mol. The van der Waals surface area contributed by atoms with Crippen molar-refractivity contribution in [3.8, 4) is 0 Å². The van der Waals surface area contributed by atoms with Crippen molar-refractivity contribution in [1.82, 2.24) is 4.72 Å². The predicted octanol–water partition coefficient (Wildman–Crippen LogP) is 1.08. The van der Waals surface area contributed by atoms with Gasteiger partial charge in [-0.15, -0.1) is 0 Å². The molecule has 0 saturated carbocycles. The van der Waals surface area contributed by atoms with Gasteiger partial charge in [-0.05, 0) is 25.1 Å². The molecule has 1 aromatic carbocycles. The van der Waals surface area contributed by atoms with E-state index in [1.807, 2.05) is 0 Å². The van der Waals surface area contributed by atoms with Crippen LogP contribution in [0.5, 0.6) is 0 Å². The fraction of sp³-hybridized carbons (Fsp3) is 0.400. The standard InChI is InChI=1S/C10H15BrN2O3S2/c1-7(17(2)14)6-13-18(15,16)10-5-8(11)3-4-9(10)12/h3-5,7,13H,6,12H2,1-2H3. The molecule has 0 aliphatic heterocycles. The minimum absolute atomic E-state index is 0.0194. The summed E-state index contributed by atoms with van der Waals surface area (Å²) in [7, 11) is -4.76. The van der Waals surface area contributed by atoms with Crippen LogP contribution >= 0.6 is 15.9 Å². The molecule has 102 valence electrons. The third kappa shape index (κ3) is 4.04. The second kappa shape index (κ2) is 6.14. The zero-order valence-electron chi connectivity index (χ0n) is 10.0. The maximum atomic E-state index is 12.0. The maximum absolute atomic E-state index is 12.0. The number of nitrogens with one attached hydrogen (secondary N) is 1. The maximum Gasteiger partial charge on any atom is 0.242 e. The number of nitrogens with two attached hydrogens (primary N) is 1. The summed E-state index contributed by atoms with van der Waals surface area (Å²) in [5.74, 6) is 0. The van der Waals surface area contributed by atoms with E-state index in [1.165, 1.54) is 18.4 Å². The Balaban J connectivity index is 2.93. The zero-order chi connectivity index (χ0) is 13.9. The Hall–Kier alpha value is -0.440. The average Bonchev–Trinajstić information content (AvgIpc) is 2.29. The molecule has 2 atom stereocenters. The van der Waals surface area contributed by atoms with E-state index in [9.17, 15) is 12.6 Å². The summed E-state index contributed by atoms with van der Waals surface area (Å²) in [5.41, 5.74) is 5.82. The lowest BCUT2D eigenvalue weighted by atomic mass is 10.3. The van der Waals surface area contributed by atoms with Gasteiger partial charge in [-0.1, -0.05) is 15.9 Å². The number of rotatable bonds is 5. The Labute approximate surface area is 118 Å². The second-order valence-electron chi connectivity index (χ2n) is 3.84. The van der Waals surface area contributed by atoms with Gasteiger partial charge in [-0.3, -0.25) is 4.21 Å². The molecule has 0 radical (unpaired) electrons. The molecule has 0 amide bonds. The van der Waals surface area contributed by atoms with Gasteiger partial charge in [0, 0.05) is 33.3 Å². The van der Waals surface area contributed by atoms with Gasteiger partial charge >= 0.3 is 0 Å². The minimum Gasteiger partial charge on any atom is -0.398 e. The van der Waals surface area contributed by atoms with Gasteiger partial charge in [0.05, 0.1) is 5.69 Å². The van der Waals surface area contributed by atoms with Crippen molar-refractivity contribution in [3.05, 3.63) is 22.7 Å². The first kappa shape index (κ1) is 15.6. The molecule has 0 aliphatic rings. The van der Waals surface area contributed by atoms with E-state index < -0.39 is 20.8 Å². The molecule has 0 heterocycles. The number of nitrogen functional groups attached to an aromatic ring is 1. The third-order valence-electron chi connectivity index (χ3n) is 2.39. The highest BCUT2D eigenvalue weighted by atomic mass is 79.9. The summed E-state index contributed by atoms with van der Waals surface area (Å²) in [6, 6.07) is 4.61. The second-order valence-corrected chi connectivity index (χ2v) is 8.30. The summed E-state index contributed by atoms with van der Waals surface area (Å²) in [6.07, 6.45) is 1.53. The van der Waals surface area contributed by atoms with Crippen LogP contribution in [0.1, 0.15) is 6.92 Å². The van der Waals surface area contributed by atoms with Crippen molar-refractivity contribution in [3.63, 3.8) is 0 Å². The van der Waals surface area contributed by atoms with Gasteiger partial charge in [-0.25, -0.2) is 13.1 Å². The molecular formula is C10H15BrN2O3S2. The lowest BCUT2D eigenvalue weighted by molar-refractivity contribution is 0.581. The summed E-state index contributed by atoms with van der Waals surface area (Å²) in [4.78, 5) is 0.0194. The molecule has 0 bridgehead atoms. The molecular weight excluding hydrogens is 340 g/mol. The number of benzene rings is 1. The normalized spacial score (nSPS) is 15.3. The number of hydrogen-bond donors (Lipinski definition) is 2. The Kier molecular flexibility index (Phi) is 5.32. The summed E-state index contributed by atoms with van der Waals surface area (Å²) in [5, 5.41) is -0.256. The van der Waals surface area contributed by atoms with Gasteiger partial charge in [0.2, 0.25) is 10.0 Å². The Morgan fingerprint density at radius 3 is 2.67 bits per heavy atom. The highest BCUT2D eigenvalue weighted by molar-refractivity contribution is 9.10. The molecule has 0 fully saturated rings. The van der Waals surface area contributed by atoms with Crippen molar-refractivity contribution in [2.75, 3.05) is 18.5 Å². The molecule has 5 nitrogen and oxygen atoms in total. The summed E-state index contributed by atoms with van der Waals surface area (Å²) >= 11 is 3.20. The molecule has 8 heteroatoms. The molecule has 0 aromatic heterocycles. The first-order valence-electron chi connectivity index (χ1n) is 5.11. The number of anilines is 1. The van der Waals surface area contributed by atoms with Crippen molar-refractivity contribution in [2.45, 2.75) is 17.1 Å². The molecule has 18 heavy (non-hydrogen) atoms. The van der Waals surface area contributed by atoms with Crippen molar-refractivity contribution >= 4 is 42.4 Å². The van der Waals surface area contributed by atoms with Gasteiger partial charge in [0.15, 0.2) is 0 Å². The van der Waals surface area contributed by atoms with E-state index in [2.05, 4.69) is 20.7 Å². The number of halogens is 1. The van der Waals surface area contributed by atoms with E-state index in [4.69, 9.17) is 5.73 Å². The van der Waals surface area contributed by atoms with E-state index in [-0.39, 0.29) is 22.4 Å². The van der Waals surface area contributed by atoms with Crippen LogP contribution < -0.4 is 10.5 Å². The largest absolute Gasteiger partial charge is 0.398 e. The van der Waals surface area contributed by atoms with E-state index in [0.717, 1.165) is 0 Å². The lowest BCUT2D eigenvalue weighted by Crippen LogP contribution is -2.33. The molecule has 0 spiro atoms. The van der Waals surface area contributed by atoms with E-state index in [0.29, 0.717) is 4.47 Å². The average molecular weight is 355 g/mol. The van der Waals surface area contributed by atoms with Crippen LogP contribution in [0.3, 0.4) is 0 Å². The topological polar surface area (TPSA) is 89.3 Å². The first-order chi connectivity index (χ1) is 8.24. The van der Waals surface area contributed by atoms with Crippen molar-refractivity contribution in [1.29, 1.82) is 0 Å². The smallest absolute Gasteiger partial charge is 0.242 e. The van der Waals surface area contributed by atoms with Gasteiger partial charge in [0.1, 0.15) is 4.90 Å². The van der Waals surface area contributed by atoms with Crippen LogP contribution in [0.15, 0.2) is 27.6 Å². The SMILES string of the molecule is CC(CNS(=O)(=O)c1cc(Br)ccc1N)S(C)=O. The molecule has 1 aromatic rings. The van der Waals surface area contributed by atoms with Gasteiger partial charge in [-0.2, -0.15) is 0 Å². The fourth-order valence-electron chi connectivity index (χ4n) is 1.16. The lowest BCUT2D eigenvalue weighted by Gasteiger charge is -2.12. The van der Waals surface area contributed by atoms with Crippen LogP contribution in [0.25, 0.3) is 0 Å². The highest BCUT2D eigenvalue weighted by Gasteiger charge is 2.19. The molecule has 3 N–H and O–H groups in total. The fourth-order valence-corrected chi connectivity index (χ4v) is 3.38. The molecule has 0 aliphatic carbocycles. The first-order valence-corrected chi connectivity index (χ1v) is 9.00. The number of hydrogen-bond acceptors (Lipinski definition) is 4.